The number of carboxylic acids is 1. The second kappa shape index (κ2) is 6.24. The summed E-state index contributed by atoms with van der Waals surface area (Å²) in [6, 6.07) is 0.0318. The quantitative estimate of drug-likeness (QED) is 0.805. The number of carboxylic acid groups (broad SMARTS) is 1. The molecule has 0 bridgehead atoms. The molecule has 0 aromatic heterocycles. The Labute approximate surface area is 118 Å². The zero-order valence-corrected chi connectivity index (χ0v) is 11.9. The van der Waals surface area contributed by atoms with Crippen LogP contribution in [0.15, 0.2) is 0 Å². The van der Waals surface area contributed by atoms with Gasteiger partial charge in [-0.1, -0.05) is 12.8 Å². The highest BCUT2D eigenvalue weighted by molar-refractivity contribution is 5.90. The van der Waals surface area contributed by atoms with Crippen molar-refractivity contribution in [2.24, 2.45) is 5.92 Å². The summed E-state index contributed by atoms with van der Waals surface area (Å²) in [5, 5.41) is 9.01. The van der Waals surface area contributed by atoms with Crippen LogP contribution in [0.1, 0.15) is 39.0 Å². The molecule has 2 rings (SSSR count). The van der Waals surface area contributed by atoms with Crippen molar-refractivity contribution in [3.05, 3.63) is 0 Å². The van der Waals surface area contributed by atoms with Crippen LogP contribution in [-0.2, 0) is 14.4 Å². The van der Waals surface area contributed by atoms with E-state index in [-0.39, 0.29) is 36.7 Å². The van der Waals surface area contributed by atoms with E-state index in [2.05, 4.69) is 0 Å². The van der Waals surface area contributed by atoms with Crippen molar-refractivity contribution < 1.29 is 19.5 Å². The van der Waals surface area contributed by atoms with Crippen molar-refractivity contribution in [1.82, 2.24) is 9.80 Å². The summed E-state index contributed by atoms with van der Waals surface area (Å²) in [7, 11) is 0. The molecule has 0 radical (unpaired) electrons. The average Bonchev–Trinajstić information content (AvgIpc) is 3.04. The minimum Gasteiger partial charge on any atom is -0.480 e. The topological polar surface area (TPSA) is 77.9 Å². The zero-order valence-electron chi connectivity index (χ0n) is 11.9. The minimum absolute atomic E-state index is 0.00690. The molecule has 1 saturated heterocycles. The van der Waals surface area contributed by atoms with Crippen molar-refractivity contribution in [2.75, 3.05) is 19.6 Å². The van der Waals surface area contributed by atoms with Crippen LogP contribution in [0.5, 0.6) is 0 Å². The molecule has 0 spiro atoms. The molecule has 2 fully saturated rings. The summed E-state index contributed by atoms with van der Waals surface area (Å²) in [6.45, 7) is 2.67. The molecular formula is C14H22N2O4. The minimum atomic E-state index is -0.984. The van der Waals surface area contributed by atoms with Gasteiger partial charge in [0.2, 0.25) is 11.8 Å². The van der Waals surface area contributed by atoms with Gasteiger partial charge in [0.15, 0.2) is 0 Å². The average molecular weight is 282 g/mol. The highest BCUT2D eigenvalue weighted by Gasteiger charge is 2.38. The summed E-state index contributed by atoms with van der Waals surface area (Å²) in [5.41, 5.74) is 0. The number of carbonyl (C=O) groups is 3. The van der Waals surface area contributed by atoms with Gasteiger partial charge < -0.3 is 14.9 Å². The lowest BCUT2D eigenvalue weighted by molar-refractivity contribution is -0.148. The van der Waals surface area contributed by atoms with Gasteiger partial charge in [0.05, 0.1) is 5.92 Å². The second-order valence-corrected chi connectivity index (χ2v) is 5.63. The SMILES string of the molecule is CCN1CC(C(=O)N(CC(=O)O)C2CCCC2)CC1=O. The molecule has 1 atom stereocenters. The maximum Gasteiger partial charge on any atom is 0.323 e. The Morgan fingerprint density at radius 2 is 2.00 bits per heavy atom. The van der Waals surface area contributed by atoms with Crippen molar-refractivity contribution in [2.45, 2.75) is 45.1 Å². The molecule has 1 aliphatic heterocycles. The van der Waals surface area contributed by atoms with E-state index in [9.17, 15) is 14.4 Å². The molecule has 0 aromatic carbocycles. The lowest BCUT2D eigenvalue weighted by Crippen LogP contribution is -2.45. The van der Waals surface area contributed by atoms with Crippen LogP contribution >= 0.6 is 0 Å². The van der Waals surface area contributed by atoms with Crippen molar-refractivity contribution in [3.63, 3.8) is 0 Å². The number of hydrogen-bond donors (Lipinski definition) is 1. The Kier molecular flexibility index (Phi) is 4.62. The molecule has 6 heteroatoms. The number of amides is 2. The number of likely N-dealkylation sites (tertiary alicyclic amines) is 1. The molecule has 2 amide bonds. The monoisotopic (exact) mass is 282 g/mol. The molecule has 112 valence electrons. The summed E-state index contributed by atoms with van der Waals surface area (Å²) >= 11 is 0. The van der Waals surface area contributed by atoms with Crippen molar-refractivity contribution in [1.29, 1.82) is 0 Å². The lowest BCUT2D eigenvalue weighted by Gasteiger charge is -2.29. The Balaban J connectivity index is 2.06. The Morgan fingerprint density at radius 3 is 2.50 bits per heavy atom. The van der Waals surface area contributed by atoms with E-state index in [1.54, 1.807) is 4.90 Å². The van der Waals surface area contributed by atoms with Crippen LogP contribution in [0.4, 0.5) is 0 Å². The molecule has 20 heavy (non-hydrogen) atoms. The van der Waals surface area contributed by atoms with Crippen LogP contribution in [0, 0.1) is 5.92 Å². The van der Waals surface area contributed by atoms with E-state index in [0.717, 1.165) is 25.7 Å². The number of nitrogens with zero attached hydrogens (tertiary/aromatic N) is 2. The molecule has 1 saturated carbocycles. The molecule has 1 aliphatic carbocycles. The standard InChI is InChI=1S/C14H22N2O4/c1-2-15-8-10(7-12(15)17)14(20)16(9-13(18)19)11-5-3-4-6-11/h10-11H,2-9H2,1H3,(H,18,19). The summed E-state index contributed by atoms with van der Waals surface area (Å²) in [5.74, 6) is -1.53. The van der Waals surface area contributed by atoms with Gasteiger partial charge in [-0.05, 0) is 19.8 Å². The molecule has 6 nitrogen and oxygen atoms in total. The fraction of sp³-hybridized carbons (Fsp3) is 0.786. The fourth-order valence-electron chi connectivity index (χ4n) is 3.23. The number of aliphatic carboxylic acids is 1. The summed E-state index contributed by atoms with van der Waals surface area (Å²) in [6.07, 6.45) is 4.04. The van der Waals surface area contributed by atoms with E-state index < -0.39 is 5.97 Å². The predicted octanol–water partition coefficient (Wildman–Crippen LogP) is 0.711. The maximum absolute atomic E-state index is 12.6. The highest BCUT2D eigenvalue weighted by Crippen LogP contribution is 2.27. The third-order valence-electron chi connectivity index (χ3n) is 4.30. The first-order chi connectivity index (χ1) is 9.52. The third kappa shape index (κ3) is 3.11. The van der Waals surface area contributed by atoms with Gasteiger partial charge in [0, 0.05) is 25.6 Å². The third-order valence-corrected chi connectivity index (χ3v) is 4.30. The van der Waals surface area contributed by atoms with Gasteiger partial charge in [-0.25, -0.2) is 0 Å². The Bertz CT molecular complexity index is 404. The van der Waals surface area contributed by atoms with E-state index in [0.29, 0.717) is 13.1 Å². The smallest absolute Gasteiger partial charge is 0.323 e. The van der Waals surface area contributed by atoms with Crippen LogP contribution in [0.2, 0.25) is 0 Å². The Morgan fingerprint density at radius 1 is 1.35 bits per heavy atom. The number of rotatable bonds is 5. The van der Waals surface area contributed by atoms with Gasteiger partial charge >= 0.3 is 5.97 Å². The van der Waals surface area contributed by atoms with Gasteiger partial charge in [-0.15, -0.1) is 0 Å². The van der Waals surface area contributed by atoms with Gasteiger partial charge in [-0.3, -0.25) is 14.4 Å². The van der Waals surface area contributed by atoms with Crippen LogP contribution < -0.4 is 0 Å². The summed E-state index contributed by atoms with van der Waals surface area (Å²) < 4.78 is 0. The summed E-state index contributed by atoms with van der Waals surface area (Å²) in [4.78, 5) is 38.4. The van der Waals surface area contributed by atoms with Gasteiger partial charge in [0.1, 0.15) is 6.54 Å². The molecular weight excluding hydrogens is 260 g/mol. The van der Waals surface area contributed by atoms with Crippen molar-refractivity contribution >= 4 is 17.8 Å². The fourth-order valence-corrected chi connectivity index (χ4v) is 3.23. The van der Waals surface area contributed by atoms with Gasteiger partial charge in [-0.2, -0.15) is 0 Å². The molecule has 2 aliphatic rings. The Hall–Kier alpha value is -1.59. The number of carbonyl (C=O) groups excluding carboxylic acids is 2. The van der Waals surface area contributed by atoms with E-state index in [4.69, 9.17) is 5.11 Å². The van der Waals surface area contributed by atoms with Crippen LogP contribution in [-0.4, -0.2) is 58.4 Å². The second-order valence-electron chi connectivity index (χ2n) is 5.63. The normalized spacial score (nSPS) is 23.4. The van der Waals surface area contributed by atoms with E-state index in [1.165, 1.54) is 4.90 Å². The molecule has 1 unspecified atom stereocenters. The van der Waals surface area contributed by atoms with E-state index >= 15 is 0 Å². The van der Waals surface area contributed by atoms with Crippen molar-refractivity contribution in [3.8, 4) is 0 Å². The van der Waals surface area contributed by atoms with Crippen LogP contribution in [0.25, 0.3) is 0 Å². The first kappa shape index (κ1) is 14.8. The molecule has 0 aromatic rings. The maximum atomic E-state index is 12.6. The van der Waals surface area contributed by atoms with Gasteiger partial charge in [0.25, 0.3) is 0 Å². The molecule has 1 heterocycles. The van der Waals surface area contributed by atoms with Crippen LogP contribution in [0.3, 0.4) is 0 Å². The lowest BCUT2D eigenvalue weighted by atomic mass is 10.0. The zero-order chi connectivity index (χ0) is 14.7. The first-order valence-corrected chi connectivity index (χ1v) is 7.33. The largest absolute Gasteiger partial charge is 0.480 e. The molecule has 1 N–H and O–H groups in total. The first-order valence-electron chi connectivity index (χ1n) is 7.33. The highest BCUT2D eigenvalue weighted by atomic mass is 16.4. The predicted molar refractivity (Wildman–Crippen MR) is 72.0 cm³/mol. The van der Waals surface area contributed by atoms with E-state index in [1.807, 2.05) is 6.92 Å². The number of hydrogen-bond acceptors (Lipinski definition) is 3.